The Bertz CT molecular complexity index is 197. The van der Waals surface area contributed by atoms with Gasteiger partial charge in [-0.3, -0.25) is 4.79 Å². The molecule has 88 valence electrons. The number of carboxylic acid groups (broad SMARTS) is 1. The van der Waals surface area contributed by atoms with Crippen molar-refractivity contribution in [3.05, 3.63) is 0 Å². The van der Waals surface area contributed by atoms with Gasteiger partial charge >= 0.3 is 5.97 Å². The first-order valence-electron chi connectivity index (χ1n) is 5.50. The molecule has 1 atom stereocenters. The van der Waals surface area contributed by atoms with Crippen molar-refractivity contribution < 1.29 is 19.4 Å². The van der Waals surface area contributed by atoms with Crippen molar-refractivity contribution in [2.24, 2.45) is 5.92 Å². The van der Waals surface area contributed by atoms with Crippen molar-refractivity contribution in [3.8, 4) is 0 Å². The van der Waals surface area contributed by atoms with Crippen LogP contribution in [0.15, 0.2) is 0 Å². The fourth-order valence-corrected chi connectivity index (χ4v) is 2.05. The van der Waals surface area contributed by atoms with Crippen LogP contribution in [0.1, 0.15) is 32.6 Å². The molecule has 0 aliphatic heterocycles. The number of rotatable bonds is 5. The van der Waals surface area contributed by atoms with Gasteiger partial charge in [0.15, 0.2) is 0 Å². The van der Waals surface area contributed by atoms with Crippen molar-refractivity contribution in [3.63, 3.8) is 0 Å². The molecule has 0 heterocycles. The van der Waals surface area contributed by atoms with Crippen LogP contribution in [0.2, 0.25) is 0 Å². The molecule has 1 aliphatic carbocycles. The molecule has 0 aromatic rings. The zero-order chi connectivity index (χ0) is 11.3. The standard InChI is InChI=1S/C11H20O4/c1-8(7-14-2)15-10-5-3-9(4-6-10)11(12)13/h8-10H,3-7H2,1-2H3,(H,12,13). The molecule has 1 unspecified atom stereocenters. The van der Waals surface area contributed by atoms with E-state index in [1.165, 1.54) is 0 Å². The van der Waals surface area contributed by atoms with Crippen molar-refractivity contribution in [2.75, 3.05) is 13.7 Å². The molecule has 0 aromatic heterocycles. The second-order valence-corrected chi connectivity index (χ2v) is 4.21. The third-order valence-corrected chi connectivity index (χ3v) is 2.85. The first-order chi connectivity index (χ1) is 7.13. The highest BCUT2D eigenvalue weighted by Gasteiger charge is 2.27. The Morgan fingerprint density at radius 2 is 2.00 bits per heavy atom. The summed E-state index contributed by atoms with van der Waals surface area (Å²) in [5, 5.41) is 8.83. The number of aliphatic carboxylic acids is 1. The van der Waals surface area contributed by atoms with Crippen molar-refractivity contribution in [1.82, 2.24) is 0 Å². The second kappa shape index (κ2) is 6.08. The Morgan fingerprint density at radius 1 is 1.40 bits per heavy atom. The third kappa shape index (κ3) is 4.18. The average molecular weight is 216 g/mol. The minimum atomic E-state index is -0.668. The minimum Gasteiger partial charge on any atom is -0.481 e. The highest BCUT2D eigenvalue weighted by molar-refractivity contribution is 5.70. The highest BCUT2D eigenvalue weighted by Crippen LogP contribution is 2.27. The molecule has 0 saturated heterocycles. The molecular weight excluding hydrogens is 196 g/mol. The van der Waals surface area contributed by atoms with Crippen molar-refractivity contribution >= 4 is 5.97 Å². The van der Waals surface area contributed by atoms with Crippen LogP contribution < -0.4 is 0 Å². The first-order valence-corrected chi connectivity index (χ1v) is 5.50. The Labute approximate surface area is 90.6 Å². The van der Waals surface area contributed by atoms with Gasteiger partial charge in [0.05, 0.1) is 24.7 Å². The molecule has 0 aromatic carbocycles. The lowest BCUT2D eigenvalue weighted by Gasteiger charge is -2.28. The lowest BCUT2D eigenvalue weighted by Crippen LogP contribution is -2.29. The Morgan fingerprint density at radius 3 is 2.47 bits per heavy atom. The van der Waals surface area contributed by atoms with E-state index in [0.29, 0.717) is 6.61 Å². The molecule has 0 radical (unpaired) electrons. The monoisotopic (exact) mass is 216 g/mol. The van der Waals surface area contributed by atoms with E-state index in [0.717, 1.165) is 25.7 Å². The molecule has 0 bridgehead atoms. The molecule has 1 saturated carbocycles. The average Bonchev–Trinajstić information content (AvgIpc) is 2.18. The lowest BCUT2D eigenvalue weighted by atomic mass is 9.87. The zero-order valence-corrected chi connectivity index (χ0v) is 9.44. The lowest BCUT2D eigenvalue weighted by molar-refractivity contribution is -0.144. The maximum atomic E-state index is 10.7. The van der Waals surface area contributed by atoms with E-state index < -0.39 is 5.97 Å². The fourth-order valence-electron chi connectivity index (χ4n) is 2.05. The van der Waals surface area contributed by atoms with Gasteiger partial charge in [-0.15, -0.1) is 0 Å². The van der Waals surface area contributed by atoms with Crippen LogP contribution in [0, 0.1) is 5.92 Å². The summed E-state index contributed by atoms with van der Waals surface area (Å²) in [4.78, 5) is 10.7. The van der Waals surface area contributed by atoms with Gasteiger partial charge in [-0.05, 0) is 32.6 Å². The summed E-state index contributed by atoms with van der Waals surface area (Å²) in [6, 6.07) is 0. The molecule has 1 aliphatic rings. The Balaban J connectivity index is 2.22. The molecule has 1 N–H and O–H groups in total. The smallest absolute Gasteiger partial charge is 0.306 e. The quantitative estimate of drug-likeness (QED) is 0.759. The largest absolute Gasteiger partial charge is 0.481 e. The van der Waals surface area contributed by atoms with Crippen LogP contribution in [-0.4, -0.2) is 37.0 Å². The molecule has 0 amide bonds. The van der Waals surface area contributed by atoms with Gasteiger partial charge in [0.25, 0.3) is 0 Å². The zero-order valence-electron chi connectivity index (χ0n) is 9.44. The molecule has 1 rings (SSSR count). The van der Waals surface area contributed by atoms with Crippen LogP contribution >= 0.6 is 0 Å². The van der Waals surface area contributed by atoms with E-state index in [9.17, 15) is 4.79 Å². The number of hydrogen-bond acceptors (Lipinski definition) is 3. The number of methoxy groups -OCH3 is 1. The van der Waals surface area contributed by atoms with E-state index in [2.05, 4.69) is 0 Å². The summed E-state index contributed by atoms with van der Waals surface area (Å²) in [5.41, 5.74) is 0. The molecular formula is C11H20O4. The molecule has 4 nitrogen and oxygen atoms in total. The number of carboxylic acids is 1. The fraction of sp³-hybridized carbons (Fsp3) is 0.909. The molecule has 15 heavy (non-hydrogen) atoms. The van der Waals surface area contributed by atoms with Crippen LogP contribution in [0.5, 0.6) is 0 Å². The summed E-state index contributed by atoms with van der Waals surface area (Å²) < 4.78 is 10.7. The highest BCUT2D eigenvalue weighted by atomic mass is 16.5. The maximum Gasteiger partial charge on any atom is 0.306 e. The predicted octanol–water partition coefficient (Wildman–Crippen LogP) is 1.68. The van der Waals surface area contributed by atoms with E-state index in [1.54, 1.807) is 7.11 Å². The maximum absolute atomic E-state index is 10.7. The van der Waals surface area contributed by atoms with E-state index in [4.69, 9.17) is 14.6 Å². The van der Waals surface area contributed by atoms with Gasteiger partial charge in [-0.1, -0.05) is 0 Å². The van der Waals surface area contributed by atoms with Crippen LogP contribution in [-0.2, 0) is 14.3 Å². The number of hydrogen-bond donors (Lipinski definition) is 1. The normalized spacial score (nSPS) is 28.7. The summed E-state index contributed by atoms with van der Waals surface area (Å²) in [5.74, 6) is -0.832. The van der Waals surface area contributed by atoms with Gasteiger partial charge in [0, 0.05) is 7.11 Å². The van der Waals surface area contributed by atoms with E-state index in [1.807, 2.05) is 6.92 Å². The van der Waals surface area contributed by atoms with Gasteiger partial charge in [0.2, 0.25) is 0 Å². The van der Waals surface area contributed by atoms with Gasteiger partial charge in [0.1, 0.15) is 0 Å². The minimum absolute atomic E-state index is 0.0985. The number of carbonyl (C=O) groups is 1. The van der Waals surface area contributed by atoms with Crippen LogP contribution in [0.4, 0.5) is 0 Å². The van der Waals surface area contributed by atoms with Crippen molar-refractivity contribution in [1.29, 1.82) is 0 Å². The second-order valence-electron chi connectivity index (χ2n) is 4.21. The molecule has 0 spiro atoms. The van der Waals surface area contributed by atoms with Crippen LogP contribution in [0.25, 0.3) is 0 Å². The summed E-state index contributed by atoms with van der Waals surface area (Å²) in [6.07, 6.45) is 3.49. The van der Waals surface area contributed by atoms with Crippen molar-refractivity contribution in [2.45, 2.75) is 44.8 Å². The summed E-state index contributed by atoms with van der Waals surface area (Å²) in [6.45, 7) is 2.58. The summed E-state index contributed by atoms with van der Waals surface area (Å²) >= 11 is 0. The summed E-state index contributed by atoms with van der Waals surface area (Å²) in [7, 11) is 1.65. The Hall–Kier alpha value is -0.610. The number of ether oxygens (including phenoxy) is 2. The van der Waals surface area contributed by atoms with Gasteiger partial charge in [-0.2, -0.15) is 0 Å². The van der Waals surface area contributed by atoms with E-state index >= 15 is 0 Å². The van der Waals surface area contributed by atoms with Gasteiger partial charge in [-0.25, -0.2) is 0 Å². The first kappa shape index (κ1) is 12.5. The van der Waals surface area contributed by atoms with Gasteiger partial charge < -0.3 is 14.6 Å². The topological polar surface area (TPSA) is 55.8 Å². The SMILES string of the molecule is COCC(C)OC1CCC(C(=O)O)CC1. The molecule has 4 heteroatoms. The third-order valence-electron chi connectivity index (χ3n) is 2.85. The van der Waals surface area contributed by atoms with Crippen LogP contribution in [0.3, 0.4) is 0 Å². The van der Waals surface area contributed by atoms with E-state index in [-0.39, 0.29) is 18.1 Å². The molecule has 1 fully saturated rings. The Kier molecular flexibility index (Phi) is 5.05. The predicted molar refractivity (Wildman–Crippen MR) is 55.8 cm³/mol.